The summed E-state index contributed by atoms with van der Waals surface area (Å²) in [7, 11) is 11.6. The maximum Gasteiger partial charge on any atom is 0.318 e. The first-order valence-corrected chi connectivity index (χ1v) is 7.16. The van der Waals surface area contributed by atoms with Crippen LogP contribution < -0.4 is 11.3 Å². The Kier molecular flexibility index (Phi) is 5.14. The van der Waals surface area contributed by atoms with Crippen molar-refractivity contribution in [2.45, 2.75) is 30.6 Å². The van der Waals surface area contributed by atoms with Crippen LogP contribution in [0, 0.1) is 17.1 Å². The molecular formula is C13H13B2N3O4S. The number of esters is 1. The van der Waals surface area contributed by atoms with E-state index in [-0.39, 0.29) is 16.9 Å². The molecule has 1 fully saturated rings. The summed E-state index contributed by atoms with van der Waals surface area (Å²) in [5.41, 5.74) is 4.83. The lowest BCUT2D eigenvalue weighted by Crippen LogP contribution is -2.48. The van der Waals surface area contributed by atoms with Crippen molar-refractivity contribution >= 4 is 33.9 Å². The summed E-state index contributed by atoms with van der Waals surface area (Å²) in [6.07, 6.45) is 6.30. The summed E-state index contributed by atoms with van der Waals surface area (Å²) in [6.45, 7) is -0.344. The first kappa shape index (κ1) is 17.5. The van der Waals surface area contributed by atoms with E-state index in [4.69, 9.17) is 49.5 Å². The van der Waals surface area contributed by atoms with Gasteiger partial charge in [0.1, 0.15) is 27.5 Å². The number of aromatic amines is 1. The summed E-state index contributed by atoms with van der Waals surface area (Å²) < 4.78 is 12.3. The van der Waals surface area contributed by atoms with Crippen LogP contribution in [0.15, 0.2) is 11.0 Å². The van der Waals surface area contributed by atoms with Crippen LogP contribution in [-0.2, 0) is 14.3 Å². The third-order valence-electron chi connectivity index (χ3n) is 3.39. The summed E-state index contributed by atoms with van der Waals surface area (Å²) >= 11 is 5.10. The number of aromatic nitrogens is 2. The smallest absolute Gasteiger partial charge is 0.318 e. The summed E-state index contributed by atoms with van der Waals surface area (Å²) in [4.78, 5) is 25.3. The Bertz CT molecular complexity index is 768. The number of nitrogens with one attached hydrogen (secondary N) is 1. The average molecular weight is 329 g/mol. The van der Waals surface area contributed by atoms with Gasteiger partial charge in [0, 0.05) is 6.20 Å². The van der Waals surface area contributed by atoms with Crippen molar-refractivity contribution < 1.29 is 14.3 Å². The van der Waals surface area contributed by atoms with Gasteiger partial charge in [0.05, 0.1) is 18.0 Å². The highest BCUT2D eigenvalue weighted by Crippen LogP contribution is 2.33. The molecule has 1 aromatic heterocycles. The maximum absolute atomic E-state index is 11.6. The van der Waals surface area contributed by atoms with Crippen LogP contribution in [0.25, 0.3) is 0 Å². The molecule has 2 unspecified atom stereocenters. The number of rotatable bonds is 4. The van der Waals surface area contributed by atoms with Crippen LogP contribution in [0.2, 0.25) is 0 Å². The van der Waals surface area contributed by atoms with Crippen LogP contribution >= 0.6 is 12.2 Å². The molecule has 116 valence electrons. The number of hydrogen-bond donors (Lipinski definition) is 2. The predicted molar refractivity (Wildman–Crippen MR) is 86.4 cm³/mol. The van der Waals surface area contributed by atoms with Crippen LogP contribution in [0.4, 0.5) is 0 Å². The number of carbonyl (C=O) groups is 1. The molecule has 23 heavy (non-hydrogen) atoms. The van der Waals surface area contributed by atoms with Gasteiger partial charge in [-0.1, -0.05) is 5.92 Å². The molecule has 1 saturated heterocycles. The van der Waals surface area contributed by atoms with Gasteiger partial charge in [-0.05, 0) is 25.1 Å². The SMILES string of the molecule is [B]C([B])(OC(=O)CN)C1CCC(n2cc(C#C)c(=O)[nH]c2=S)O1. The lowest BCUT2D eigenvalue weighted by Gasteiger charge is -2.32. The molecule has 1 aliphatic rings. The molecule has 0 aliphatic carbocycles. The van der Waals surface area contributed by atoms with E-state index < -0.39 is 29.3 Å². The molecule has 0 aromatic carbocycles. The maximum atomic E-state index is 11.6. The van der Waals surface area contributed by atoms with E-state index in [1.165, 1.54) is 10.8 Å². The molecule has 4 radical (unpaired) electrons. The number of ether oxygens (including phenoxy) is 2. The van der Waals surface area contributed by atoms with Gasteiger partial charge >= 0.3 is 5.97 Å². The summed E-state index contributed by atoms with van der Waals surface area (Å²) in [6, 6.07) is 0. The minimum Gasteiger partial charge on any atom is -0.476 e. The Morgan fingerprint density at radius 2 is 2.35 bits per heavy atom. The Hall–Kier alpha value is -1.82. The second kappa shape index (κ2) is 6.74. The van der Waals surface area contributed by atoms with Crippen molar-refractivity contribution in [3.8, 4) is 12.3 Å². The molecule has 0 amide bonds. The van der Waals surface area contributed by atoms with Crippen molar-refractivity contribution in [1.82, 2.24) is 9.55 Å². The van der Waals surface area contributed by atoms with Crippen molar-refractivity contribution in [2.75, 3.05) is 6.54 Å². The molecule has 1 aromatic rings. The normalized spacial score (nSPS) is 20.9. The fraction of sp³-hybridized carbons (Fsp3) is 0.462. The highest BCUT2D eigenvalue weighted by Gasteiger charge is 2.39. The Morgan fingerprint density at radius 1 is 1.65 bits per heavy atom. The van der Waals surface area contributed by atoms with Gasteiger partial charge in [-0.15, -0.1) is 6.42 Å². The van der Waals surface area contributed by atoms with E-state index >= 15 is 0 Å². The fourth-order valence-electron chi connectivity index (χ4n) is 2.26. The second-order valence-electron chi connectivity index (χ2n) is 5.04. The molecule has 3 N–H and O–H groups in total. The average Bonchev–Trinajstić information content (AvgIpc) is 2.97. The fourth-order valence-corrected chi connectivity index (χ4v) is 2.53. The molecule has 2 atom stereocenters. The second-order valence-corrected chi connectivity index (χ2v) is 5.43. The van der Waals surface area contributed by atoms with Crippen LogP contribution in [-0.4, -0.2) is 49.3 Å². The molecule has 0 saturated carbocycles. The van der Waals surface area contributed by atoms with Crippen LogP contribution in [0.3, 0.4) is 0 Å². The number of hydrogen-bond acceptors (Lipinski definition) is 6. The zero-order valence-electron chi connectivity index (χ0n) is 12.2. The molecule has 2 rings (SSSR count). The highest BCUT2D eigenvalue weighted by molar-refractivity contribution is 7.71. The number of terminal acetylenes is 1. The Morgan fingerprint density at radius 3 is 2.96 bits per heavy atom. The van der Waals surface area contributed by atoms with Gasteiger partial charge in [-0.25, -0.2) is 0 Å². The minimum absolute atomic E-state index is 0.118. The number of H-pyrrole nitrogens is 1. The molecule has 1 aliphatic heterocycles. The number of nitrogens with zero attached hydrogens (tertiary/aromatic N) is 1. The van der Waals surface area contributed by atoms with Gasteiger partial charge in [0.25, 0.3) is 5.56 Å². The molecule has 7 nitrogen and oxygen atoms in total. The highest BCUT2D eigenvalue weighted by atomic mass is 32.1. The van der Waals surface area contributed by atoms with E-state index in [9.17, 15) is 9.59 Å². The quantitative estimate of drug-likeness (QED) is 0.320. The third kappa shape index (κ3) is 3.75. The molecular weight excluding hydrogens is 316 g/mol. The summed E-state index contributed by atoms with van der Waals surface area (Å²) in [5.74, 6) is 1.52. The third-order valence-corrected chi connectivity index (χ3v) is 3.70. The minimum atomic E-state index is -1.81. The van der Waals surface area contributed by atoms with E-state index in [0.29, 0.717) is 12.8 Å². The molecule has 2 heterocycles. The predicted octanol–water partition coefficient (Wildman–Crippen LogP) is -0.943. The molecule has 0 bridgehead atoms. The van der Waals surface area contributed by atoms with Crippen molar-refractivity contribution in [3.63, 3.8) is 0 Å². The van der Waals surface area contributed by atoms with Gasteiger partial charge < -0.3 is 15.2 Å². The van der Waals surface area contributed by atoms with Gasteiger partial charge in [0.15, 0.2) is 4.77 Å². The Balaban J connectivity index is 2.21. The zero-order chi connectivity index (χ0) is 17.2. The lowest BCUT2D eigenvalue weighted by atomic mass is 9.61. The topological polar surface area (TPSA) is 99.3 Å². The van der Waals surface area contributed by atoms with Gasteiger partial charge in [0.2, 0.25) is 0 Å². The van der Waals surface area contributed by atoms with Gasteiger partial charge in [-0.2, -0.15) is 0 Å². The van der Waals surface area contributed by atoms with Gasteiger partial charge in [-0.3, -0.25) is 19.1 Å². The first-order valence-electron chi connectivity index (χ1n) is 6.75. The largest absolute Gasteiger partial charge is 0.476 e. The summed E-state index contributed by atoms with van der Waals surface area (Å²) in [5, 5.41) is -1.81. The number of carbonyl (C=O) groups excluding carboxylic acids is 1. The first-order chi connectivity index (χ1) is 10.8. The zero-order valence-corrected chi connectivity index (χ0v) is 13.0. The van der Waals surface area contributed by atoms with Crippen molar-refractivity contribution in [1.29, 1.82) is 0 Å². The van der Waals surface area contributed by atoms with Crippen molar-refractivity contribution in [3.05, 3.63) is 26.9 Å². The van der Waals surface area contributed by atoms with E-state index in [0.717, 1.165) is 0 Å². The molecule has 0 spiro atoms. The van der Waals surface area contributed by atoms with E-state index in [1.807, 2.05) is 0 Å². The van der Waals surface area contributed by atoms with Crippen molar-refractivity contribution in [2.24, 2.45) is 5.73 Å². The Labute approximate surface area is 140 Å². The van der Waals surface area contributed by atoms with E-state index in [2.05, 4.69) is 10.9 Å². The van der Waals surface area contributed by atoms with E-state index in [1.54, 1.807) is 0 Å². The number of nitrogens with two attached hydrogens (primary N) is 1. The monoisotopic (exact) mass is 329 g/mol. The standard InChI is InChI=1S/C13H13B2N3O4S/c1-2-7-6-18(12(23)17-11(7)20)9-4-3-8(21-9)13(14,15)22-10(19)5-16/h1,6,8-9H,3-5,16H2,(H,17,20,23). The lowest BCUT2D eigenvalue weighted by molar-refractivity contribution is -0.154. The van der Waals surface area contributed by atoms with Crippen LogP contribution in [0.1, 0.15) is 24.6 Å². The van der Waals surface area contributed by atoms with Crippen LogP contribution in [0.5, 0.6) is 0 Å². The molecule has 10 heteroatoms.